The molecule has 0 saturated carbocycles. The van der Waals surface area contributed by atoms with Crippen molar-refractivity contribution in [3.8, 4) is 5.75 Å². The molecule has 0 spiro atoms. The summed E-state index contributed by atoms with van der Waals surface area (Å²) in [5.74, 6) is 3.39. The number of hydrogen-bond acceptors (Lipinski definition) is 5. The van der Waals surface area contributed by atoms with Crippen LogP contribution in [0.3, 0.4) is 0 Å². The van der Waals surface area contributed by atoms with Gasteiger partial charge >= 0.3 is 0 Å². The van der Waals surface area contributed by atoms with Crippen molar-refractivity contribution in [2.24, 2.45) is 4.99 Å². The van der Waals surface area contributed by atoms with Gasteiger partial charge in [0.1, 0.15) is 12.4 Å². The van der Waals surface area contributed by atoms with Gasteiger partial charge in [-0.1, -0.05) is 36.7 Å². The van der Waals surface area contributed by atoms with Gasteiger partial charge in [-0.2, -0.15) is 4.98 Å². The molecule has 0 aliphatic carbocycles. The van der Waals surface area contributed by atoms with E-state index in [0.29, 0.717) is 25.6 Å². The lowest BCUT2D eigenvalue weighted by atomic mass is 10.2. The van der Waals surface area contributed by atoms with E-state index in [-0.39, 0.29) is 29.9 Å². The van der Waals surface area contributed by atoms with Gasteiger partial charge in [-0.25, -0.2) is 0 Å². The van der Waals surface area contributed by atoms with Crippen LogP contribution in [0.2, 0.25) is 0 Å². The molecule has 0 radical (unpaired) electrons. The highest BCUT2D eigenvalue weighted by molar-refractivity contribution is 14.0. The molecule has 0 fully saturated rings. The second-order valence-corrected chi connectivity index (χ2v) is 6.65. The number of halogens is 1. The number of nitrogens with one attached hydrogen (secondary N) is 2. The van der Waals surface area contributed by atoms with E-state index in [0.717, 1.165) is 36.9 Å². The maximum atomic E-state index is 5.72. The Morgan fingerprint density at radius 1 is 1.21 bits per heavy atom. The topological polar surface area (TPSA) is 84.6 Å². The Kier molecular flexibility index (Phi) is 11.5. The SMILES string of the molecule is CCNC(=NCCCc1nc(C(C)C)no1)NCCOc1ccc(C)cc1.I. The Morgan fingerprint density at radius 2 is 1.96 bits per heavy atom. The number of benzene rings is 1. The van der Waals surface area contributed by atoms with E-state index >= 15 is 0 Å². The van der Waals surface area contributed by atoms with Crippen LogP contribution in [0.5, 0.6) is 5.75 Å². The highest BCUT2D eigenvalue weighted by Gasteiger charge is 2.09. The third-order valence-corrected chi connectivity index (χ3v) is 3.85. The van der Waals surface area contributed by atoms with E-state index < -0.39 is 0 Å². The maximum absolute atomic E-state index is 5.72. The fourth-order valence-electron chi connectivity index (χ4n) is 2.34. The first-order valence-corrected chi connectivity index (χ1v) is 9.62. The number of aryl methyl sites for hydroxylation is 2. The number of nitrogens with zero attached hydrogens (tertiary/aromatic N) is 3. The molecule has 1 heterocycles. The molecular weight excluding hydrogens is 469 g/mol. The molecule has 8 heteroatoms. The minimum Gasteiger partial charge on any atom is -0.492 e. The maximum Gasteiger partial charge on any atom is 0.226 e. The van der Waals surface area contributed by atoms with Crippen molar-refractivity contribution in [1.82, 2.24) is 20.8 Å². The first-order valence-electron chi connectivity index (χ1n) is 9.62. The smallest absolute Gasteiger partial charge is 0.226 e. The predicted octanol–water partition coefficient (Wildman–Crippen LogP) is 3.69. The van der Waals surface area contributed by atoms with Crippen molar-refractivity contribution >= 4 is 29.9 Å². The summed E-state index contributed by atoms with van der Waals surface area (Å²) in [6.07, 6.45) is 1.59. The highest BCUT2D eigenvalue weighted by atomic mass is 127. The molecular formula is C20H32IN5O2. The lowest BCUT2D eigenvalue weighted by molar-refractivity contribution is 0.322. The molecule has 156 valence electrons. The molecule has 0 atom stereocenters. The zero-order chi connectivity index (χ0) is 19.5. The van der Waals surface area contributed by atoms with E-state index in [9.17, 15) is 0 Å². The van der Waals surface area contributed by atoms with E-state index in [1.807, 2.05) is 31.2 Å². The molecule has 2 rings (SSSR count). The third kappa shape index (κ3) is 8.90. The zero-order valence-electron chi connectivity index (χ0n) is 17.2. The van der Waals surface area contributed by atoms with Gasteiger partial charge in [0.05, 0.1) is 6.54 Å². The Hall–Kier alpha value is -1.84. The molecule has 28 heavy (non-hydrogen) atoms. The second-order valence-electron chi connectivity index (χ2n) is 6.65. The lowest BCUT2D eigenvalue weighted by Crippen LogP contribution is -2.39. The van der Waals surface area contributed by atoms with Crippen molar-refractivity contribution in [1.29, 1.82) is 0 Å². The standard InChI is InChI=1S/C20H31N5O2.HI/c1-5-21-20(23-13-14-26-17-10-8-16(4)9-11-17)22-12-6-7-18-24-19(15(2)3)25-27-18;/h8-11,15H,5-7,12-14H2,1-4H3,(H2,21,22,23);1H. The van der Waals surface area contributed by atoms with Gasteiger partial charge in [-0.05, 0) is 32.4 Å². The summed E-state index contributed by atoms with van der Waals surface area (Å²) in [7, 11) is 0. The molecule has 0 bridgehead atoms. The summed E-state index contributed by atoms with van der Waals surface area (Å²) in [6, 6.07) is 8.05. The molecule has 0 aliphatic heterocycles. The lowest BCUT2D eigenvalue weighted by Gasteiger charge is -2.12. The Bertz CT molecular complexity index is 701. The van der Waals surface area contributed by atoms with Crippen molar-refractivity contribution in [2.75, 3.05) is 26.2 Å². The van der Waals surface area contributed by atoms with Gasteiger partial charge < -0.3 is 19.9 Å². The molecule has 0 amide bonds. The van der Waals surface area contributed by atoms with Crippen LogP contribution in [-0.4, -0.2) is 42.3 Å². The first kappa shape index (κ1) is 24.2. The van der Waals surface area contributed by atoms with Crippen LogP contribution in [0.15, 0.2) is 33.8 Å². The number of ether oxygens (including phenoxy) is 1. The first-order chi connectivity index (χ1) is 13.1. The Morgan fingerprint density at radius 3 is 2.61 bits per heavy atom. The van der Waals surface area contributed by atoms with Gasteiger partial charge in [-0.3, -0.25) is 4.99 Å². The van der Waals surface area contributed by atoms with Crippen LogP contribution in [0.25, 0.3) is 0 Å². The summed E-state index contributed by atoms with van der Waals surface area (Å²) in [6.45, 7) is 11.0. The monoisotopic (exact) mass is 501 g/mol. The fraction of sp³-hybridized carbons (Fsp3) is 0.550. The van der Waals surface area contributed by atoms with Crippen LogP contribution >= 0.6 is 24.0 Å². The number of rotatable bonds is 10. The van der Waals surface area contributed by atoms with Crippen LogP contribution in [-0.2, 0) is 6.42 Å². The largest absolute Gasteiger partial charge is 0.492 e. The van der Waals surface area contributed by atoms with Gasteiger partial charge in [0, 0.05) is 25.4 Å². The van der Waals surface area contributed by atoms with Crippen LogP contribution in [0, 0.1) is 6.92 Å². The summed E-state index contributed by atoms with van der Waals surface area (Å²) < 4.78 is 11.0. The van der Waals surface area contributed by atoms with Gasteiger partial charge in [0.25, 0.3) is 0 Å². The molecule has 1 aromatic carbocycles. The zero-order valence-corrected chi connectivity index (χ0v) is 19.5. The molecule has 2 N–H and O–H groups in total. The van der Waals surface area contributed by atoms with Crippen molar-refractivity contribution < 1.29 is 9.26 Å². The quantitative estimate of drug-likeness (QED) is 0.224. The molecule has 0 saturated heterocycles. The van der Waals surface area contributed by atoms with E-state index in [1.165, 1.54) is 5.56 Å². The van der Waals surface area contributed by atoms with Gasteiger partial charge in [0.15, 0.2) is 11.8 Å². The number of aromatic nitrogens is 2. The minimum absolute atomic E-state index is 0. The van der Waals surface area contributed by atoms with Gasteiger partial charge in [0.2, 0.25) is 5.89 Å². The van der Waals surface area contributed by atoms with Crippen LogP contribution in [0.4, 0.5) is 0 Å². The van der Waals surface area contributed by atoms with Crippen LogP contribution in [0.1, 0.15) is 50.4 Å². The van der Waals surface area contributed by atoms with Crippen LogP contribution < -0.4 is 15.4 Å². The molecule has 0 aliphatic rings. The minimum atomic E-state index is 0. The number of hydrogen-bond donors (Lipinski definition) is 2. The number of aliphatic imine (C=N–C) groups is 1. The summed E-state index contributed by atoms with van der Waals surface area (Å²) in [4.78, 5) is 8.96. The summed E-state index contributed by atoms with van der Waals surface area (Å²) in [5.41, 5.74) is 1.22. The number of guanidine groups is 1. The Labute approximate surface area is 184 Å². The average Bonchev–Trinajstić information content (AvgIpc) is 3.13. The highest BCUT2D eigenvalue weighted by Crippen LogP contribution is 2.11. The van der Waals surface area contributed by atoms with E-state index in [4.69, 9.17) is 9.26 Å². The molecule has 1 aromatic heterocycles. The van der Waals surface area contributed by atoms with E-state index in [2.05, 4.69) is 46.5 Å². The van der Waals surface area contributed by atoms with Crippen molar-refractivity contribution in [3.05, 3.63) is 41.5 Å². The fourth-order valence-corrected chi connectivity index (χ4v) is 2.34. The van der Waals surface area contributed by atoms with Crippen molar-refractivity contribution in [3.63, 3.8) is 0 Å². The van der Waals surface area contributed by atoms with Gasteiger partial charge in [-0.15, -0.1) is 24.0 Å². The summed E-state index contributed by atoms with van der Waals surface area (Å²) in [5, 5.41) is 10.5. The summed E-state index contributed by atoms with van der Waals surface area (Å²) >= 11 is 0. The third-order valence-electron chi connectivity index (χ3n) is 3.85. The Balaban J connectivity index is 0.00000392. The molecule has 0 unspecified atom stereocenters. The average molecular weight is 501 g/mol. The normalized spacial score (nSPS) is 11.2. The van der Waals surface area contributed by atoms with E-state index in [1.54, 1.807) is 0 Å². The molecule has 2 aromatic rings. The second kappa shape index (κ2) is 13.4. The van der Waals surface area contributed by atoms with Crippen molar-refractivity contribution in [2.45, 2.75) is 46.5 Å². The molecule has 7 nitrogen and oxygen atoms in total. The predicted molar refractivity (Wildman–Crippen MR) is 123 cm³/mol.